The second-order valence-electron chi connectivity index (χ2n) is 7.44. The molecule has 1 heterocycles. The van der Waals surface area contributed by atoms with E-state index in [1.165, 1.54) is 23.1 Å². The van der Waals surface area contributed by atoms with E-state index in [0.29, 0.717) is 12.3 Å². The molecule has 1 aliphatic rings. The lowest BCUT2D eigenvalue weighted by atomic mass is 10.0. The first-order valence-electron chi connectivity index (χ1n) is 10.0. The highest BCUT2D eigenvalue weighted by atomic mass is 32.1. The summed E-state index contributed by atoms with van der Waals surface area (Å²) < 4.78 is 6.47. The molecule has 0 aliphatic heterocycles. The minimum Gasteiger partial charge on any atom is -0.497 e. The second-order valence-corrected chi connectivity index (χ2v) is 8.55. The highest BCUT2D eigenvalue weighted by Crippen LogP contribution is 2.41. The van der Waals surface area contributed by atoms with Crippen molar-refractivity contribution in [3.8, 4) is 5.75 Å². The Morgan fingerprint density at radius 3 is 2.68 bits per heavy atom. The summed E-state index contributed by atoms with van der Waals surface area (Å²) >= 11 is 1.76. The van der Waals surface area contributed by atoms with Crippen molar-refractivity contribution < 1.29 is 9.53 Å². The summed E-state index contributed by atoms with van der Waals surface area (Å²) in [5.41, 5.74) is 2.25. The van der Waals surface area contributed by atoms with Crippen molar-refractivity contribution in [2.45, 2.75) is 44.6 Å². The van der Waals surface area contributed by atoms with Gasteiger partial charge in [0.25, 0.3) is 0 Å². The molecule has 3 aromatic rings. The van der Waals surface area contributed by atoms with Gasteiger partial charge >= 0.3 is 0 Å². The molecular weight excluding hydrogens is 368 g/mol. The van der Waals surface area contributed by atoms with Gasteiger partial charge in [0.15, 0.2) is 0 Å². The number of fused-ring (bicyclic) bond motifs is 1. The topological polar surface area (TPSA) is 51.2 Å². The highest BCUT2D eigenvalue weighted by molar-refractivity contribution is 7.18. The Labute approximate surface area is 169 Å². The molecule has 28 heavy (non-hydrogen) atoms. The zero-order valence-electron chi connectivity index (χ0n) is 16.2. The number of hydrogen-bond acceptors (Lipinski definition) is 4. The predicted molar refractivity (Wildman–Crippen MR) is 114 cm³/mol. The van der Waals surface area contributed by atoms with Gasteiger partial charge in [0, 0.05) is 6.42 Å². The van der Waals surface area contributed by atoms with Crippen LogP contribution in [0.15, 0.2) is 48.5 Å². The van der Waals surface area contributed by atoms with Crippen LogP contribution >= 0.6 is 11.3 Å². The summed E-state index contributed by atoms with van der Waals surface area (Å²) in [5.74, 6) is 1.57. The Bertz CT molecular complexity index is 898. The van der Waals surface area contributed by atoms with Crippen molar-refractivity contribution in [2.24, 2.45) is 5.92 Å². The third-order valence-corrected chi connectivity index (χ3v) is 6.36. The standard InChI is InChI=1S/C23H26N2O2S/c1-27-18-14-12-17(13-15-18)23(16-10-11-16)25-21(26)8-4-5-9-22-24-19-6-2-3-7-20(19)28-22/h2-3,6-7,12-16,23H,4-5,8-11H2,1H3,(H,25,26). The summed E-state index contributed by atoms with van der Waals surface area (Å²) in [4.78, 5) is 17.2. The van der Waals surface area contributed by atoms with Crippen LogP contribution in [0.4, 0.5) is 0 Å². The van der Waals surface area contributed by atoms with E-state index in [4.69, 9.17) is 4.74 Å². The van der Waals surface area contributed by atoms with Crippen LogP contribution in [0.5, 0.6) is 5.75 Å². The zero-order valence-corrected chi connectivity index (χ0v) is 17.0. The quantitative estimate of drug-likeness (QED) is 0.502. The minimum atomic E-state index is 0.127. The molecule has 0 radical (unpaired) electrons. The van der Waals surface area contributed by atoms with E-state index in [9.17, 15) is 4.79 Å². The molecule has 4 nitrogen and oxygen atoms in total. The normalized spacial score (nSPS) is 14.8. The number of rotatable bonds is 9. The minimum absolute atomic E-state index is 0.127. The maximum atomic E-state index is 12.5. The van der Waals surface area contributed by atoms with E-state index >= 15 is 0 Å². The molecule has 1 atom stereocenters. The number of para-hydroxylation sites is 1. The number of ether oxygens (including phenoxy) is 1. The van der Waals surface area contributed by atoms with Gasteiger partial charge in [-0.2, -0.15) is 0 Å². The van der Waals surface area contributed by atoms with Gasteiger partial charge in [0.1, 0.15) is 5.75 Å². The van der Waals surface area contributed by atoms with E-state index in [2.05, 4.69) is 34.6 Å². The Balaban J connectivity index is 1.25. The lowest BCUT2D eigenvalue weighted by Gasteiger charge is -2.19. The van der Waals surface area contributed by atoms with Crippen LogP contribution in [0, 0.1) is 5.92 Å². The molecule has 1 fully saturated rings. The Morgan fingerprint density at radius 2 is 1.96 bits per heavy atom. The van der Waals surface area contributed by atoms with Crippen molar-refractivity contribution in [1.82, 2.24) is 10.3 Å². The molecule has 0 bridgehead atoms. The van der Waals surface area contributed by atoms with E-state index in [0.717, 1.165) is 35.5 Å². The van der Waals surface area contributed by atoms with E-state index in [-0.39, 0.29) is 11.9 Å². The fourth-order valence-corrected chi connectivity index (χ4v) is 4.56. The average Bonchev–Trinajstić information content (AvgIpc) is 3.48. The fourth-order valence-electron chi connectivity index (χ4n) is 3.55. The summed E-state index contributed by atoms with van der Waals surface area (Å²) in [6, 6.07) is 16.4. The van der Waals surface area contributed by atoms with Gasteiger partial charge < -0.3 is 10.1 Å². The third-order valence-electron chi connectivity index (χ3n) is 5.27. The first-order valence-corrected chi connectivity index (χ1v) is 10.8. The van der Waals surface area contributed by atoms with Crippen LogP contribution in [0.2, 0.25) is 0 Å². The number of unbranched alkanes of at least 4 members (excludes halogenated alkanes) is 1. The molecule has 1 saturated carbocycles. The van der Waals surface area contributed by atoms with E-state index in [1.807, 2.05) is 24.3 Å². The lowest BCUT2D eigenvalue weighted by Crippen LogP contribution is -2.29. The number of hydrogen-bond donors (Lipinski definition) is 1. The first-order chi connectivity index (χ1) is 13.7. The Kier molecular flexibility index (Phi) is 5.91. The van der Waals surface area contributed by atoms with Gasteiger partial charge in [-0.05, 0) is 67.9 Å². The predicted octanol–water partition coefficient (Wildman–Crippen LogP) is 5.29. The van der Waals surface area contributed by atoms with E-state index in [1.54, 1.807) is 18.4 Å². The van der Waals surface area contributed by atoms with Crippen LogP contribution in [0.1, 0.15) is 48.7 Å². The monoisotopic (exact) mass is 394 g/mol. The van der Waals surface area contributed by atoms with Crippen LogP contribution < -0.4 is 10.1 Å². The number of thiazole rings is 1. The molecule has 4 rings (SSSR count). The maximum absolute atomic E-state index is 12.5. The number of amides is 1. The largest absolute Gasteiger partial charge is 0.497 e. The summed E-state index contributed by atoms with van der Waals surface area (Å²) in [5, 5.41) is 4.42. The second kappa shape index (κ2) is 8.74. The van der Waals surface area contributed by atoms with Gasteiger partial charge in [0.05, 0.1) is 28.4 Å². The van der Waals surface area contributed by atoms with Gasteiger partial charge in [-0.15, -0.1) is 11.3 Å². The SMILES string of the molecule is COc1ccc(C(NC(=O)CCCCc2nc3ccccc3s2)C2CC2)cc1. The molecule has 1 aromatic heterocycles. The molecule has 0 spiro atoms. The average molecular weight is 395 g/mol. The van der Waals surface area contributed by atoms with Crippen LogP contribution in [-0.4, -0.2) is 18.0 Å². The number of aryl methyl sites for hydroxylation is 1. The molecule has 146 valence electrons. The van der Waals surface area contributed by atoms with E-state index < -0.39 is 0 Å². The number of aromatic nitrogens is 1. The van der Waals surface area contributed by atoms with Crippen LogP contribution in [0.3, 0.4) is 0 Å². The smallest absolute Gasteiger partial charge is 0.220 e. The van der Waals surface area contributed by atoms with Crippen molar-refractivity contribution >= 4 is 27.5 Å². The number of nitrogens with one attached hydrogen (secondary N) is 1. The van der Waals surface area contributed by atoms with Crippen LogP contribution in [-0.2, 0) is 11.2 Å². The zero-order chi connectivity index (χ0) is 19.3. The number of carbonyl (C=O) groups is 1. The van der Waals surface area contributed by atoms with Gasteiger partial charge in [-0.3, -0.25) is 4.79 Å². The lowest BCUT2D eigenvalue weighted by molar-refractivity contribution is -0.122. The number of methoxy groups -OCH3 is 1. The molecule has 1 N–H and O–H groups in total. The fraction of sp³-hybridized carbons (Fsp3) is 0.391. The molecule has 1 amide bonds. The molecular formula is C23H26N2O2S. The number of benzene rings is 2. The summed E-state index contributed by atoms with van der Waals surface area (Å²) in [7, 11) is 1.67. The molecule has 1 aliphatic carbocycles. The molecule has 0 saturated heterocycles. The maximum Gasteiger partial charge on any atom is 0.220 e. The van der Waals surface area contributed by atoms with Gasteiger partial charge in [-0.25, -0.2) is 4.98 Å². The first kappa shape index (κ1) is 18.9. The molecule has 5 heteroatoms. The molecule has 2 aromatic carbocycles. The molecule has 1 unspecified atom stereocenters. The Morgan fingerprint density at radius 1 is 1.18 bits per heavy atom. The summed E-state index contributed by atoms with van der Waals surface area (Å²) in [6.07, 6.45) is 5.77. The Hall–Kier alpha value is -2.40. The van der Waals surface area contributed by atoms with Crippen LogP contribution in [0.25, 0.3) is 10.2 Å². The van der Waals surface area contributed by atoms with Crippen molar-refractivity contribution in [2.75, 3.05) is 7.11 Å². The third kappa shape index (κ3) is 4.71. The highest BCUT2D eigenvalue weighted by Gasteiger charge is 2.33. The van der Waals surface area contributed by atoms with Crippen molar-refractivity contribution in [3.63, 3.8) is 0 Å². The summed E-state index contributed by atoms with van der Waals surface area (Å²) in [6.45, 7) is 0. The van der Waals surface area contributed by atoms with Crippen molar-refractivity contribution in [3.05, 3.63) is 59.1 Å². The number of nitrogens with zero attached hydrogens (tertiary/aromatic N) is 1. The van der Waals surface area contributed by atoms with Gasteiger partial charge in [-0.1, -0.05) is 24.3 Å². The van der Waals surface area contributed by atoms with Gasteiger partial charge in [0.2, 0.25) is 5.91 Å². The number of carbonyl (C=O) groups excluding carboxylic acids is 1. The van der Waals surface area contributed by atoms with Crippen molar-refractivity contribution in [1.29, 1.82) is 0 Å².